The van der Waals surface area contributed by atoms with Crippen molar-refractivity contribution in [3.63, 3.8) is 0 Å². The van der Waals surface area contributed by atoms with E-state index in [1.807, 2.05) is 22.6 Å². The van der Waals surface area contributed by atoms with Crippen LogP contribution in [-0.2, 0) is 0 Å². The molecule has 0 amide bonds. The summed E-state index contributed by atoms with van der Waals surface area (Å²) in [5, 5.41) is 7.92. The van der Waals surface area contributed by atoms with Crippen molar-refractivity contribution in [1.29, 1.82) is 5.41 Å². The number of allylic oxidation sites excluding steroid dienone is 2. The molecule has 1 N–H and O–H groups in total. The molecule has 0 radical (unpaired) electrons. The van der Waals surface area contributed by atoms with E-state index in [9.17, 15) is 0 Å². The third kappa shape index (κ3) is 3.01. The van der Waals surface area contributed by atoms with Crippen LogP contribution in [0.5, 0.6) is 0 Å². The van der Waals surface area contributed by atoms with Gasteiger partial charge in [0.25, 0.3) is 0 Å². The minimum Gasteiger partial charge on any atom is -0.308 e. The van der Waals surface area contributed by atoms with Crippen molar-refractivity contribution in [1.82, 2.24) is 9.97 Å². The van der Waals surface area contributed by atoms with E-state index in [1.165, 1.54) is 19.1 Å². The second kappa shape index (κ2) is 5.23. The van der Waals surface area contributed by atoms with Gasteiger partial charge in [-0.3, -0.25) is 0 Å². The molecule has 84 valence electrons. The van der Waals surface area contributed by atoms with Crippen molar-refractivity contribution < 1.29 is 0 Å². The van der Waals surface area contributed by atoms with Gasteiger partial charge in [-0.2, -0.15) is 0 Å². The van der Waals surface area contributed by atoms with Crippen molar-refractivity contribution in [2.24, 2.45) is 5.92 Å². The van der Waals surface area contributed by atoms with Gasteiger partial charge in [-0.1, -0.05) is 17.7 Å². The number of rotatable bonds is 4. The molecular weight excluding hydrogens is 336 g/mol. The lowest BCUT2D eigenvalue weighted by molar-refractivity contribution is 0.864. The summed E-state index contributed by atoms with van der Waals surface area (Å²) in [6.45, 7) is 0. The molecule has 0 spiro atoms. The third-order valence-corrected chi connectivity index (χ3v) is 3.31. The molecule has 1 aromatic heterocycles. The molecule has 16 heavy (non-hydrogen) atoms. The van der Waals surface area contributed by atoms with Crippen LogP contribution in [0.4, 0.5) is 0 Å². The SMILES string of the molecule is N=C/C(=C/CC1CC1)c1nc(I)ncc1Cl. The fourth-order valence-electron chi connectivity index (χ4n) is 1.42. The predicted molar refractivity (Wildman–Crippen MR) is 73.9 cm³/mol. The van der Waals surface area contributed by atoms with Gasteiger partial charge in [-0.05, 0) is 25.2 Å². The lowest BCUT2D eigenvalue weighted by Gasteiger charge is -2.03. The number of hydrogen-bond donors (Lipinski definition) is 1. The summed E-state index contributed by atoms with van der Waals surface area (Å²) in [7, 11) is 0. The Morgan fingerprint density at radius 3 is 3.00 bits per heavy atom. The second-order valence-corrected chi connectivity index (χ2v) is 5.19. The Morgan fingerprint density at radius 1 is 1.62 bits per heavy atom. The zero-order chi connectivity index (χ0) is 11.5. The second-order valence-electron chi connectivity index (χ2n) is 3.82. The molecular formula is C11H11ClIN3. The van der Waals surface area contributed by atoms with Crippen LogP contribution in [0.25, 0.3) is 5.57 Å². The number of aromatic nitrogens is 2. The van der Waals surface area contributed by atoms with Gasteiger partial charge in [0.2, 0.25) is 0 Å². The maximum absolute atomic E-state index is 7.41. The van der Waals surface area contributed by atoms with Crippen LogP contribution in [0.2, 0.25) is 5.02 Å². The van der Waals surface area contributed by atoms with Crippen molar-refractivity contribution in [3.05, 3.63) is 26.8 Å². The van der Waals surface area contributed by atoms with Gasteiger partial charge in [0.05, 0.1) is 16.9 Å². The molecule has 0 bridgehead atoms. The largest absolute Gasteiger partial charge is 0.308 e. The van der Waals surface area contributed by atoms with Crippen LogP contribution in [0.15, 0.2) is 12.3 Å². The smallest absolute Gasteiger partial charge is 0.191 e. The first kappa shape index (κ1) is 12.0. The van der Waals surface area contributed by atoms with Crippen molar-refractivity contribution in [3.8, 4) is 0 Å². The van der Waals surface area contributed by atoms with Gasteiger partial charge in [0.1, 0.15) is 0 Å². The number of halogens is 2. The number of nitrogens with one attached hydrogen (secondary N) is 1. The Labute approximate surface area is 113 Å². The molecule has 3 nitrogen and oxygen atoms in total. The lowest BCUT2D eigenvalue weighted by atomic mass is 10.1. The monoisotopic (exact) mass is 347 g/mol. The van der Waals surface area contributed by atoms with E-state index in [1.54, 1.807) is 6.20 Å². The summed E-state index contributed by atoms with van der Waals surface area (Å²) >= 11 is 8.07. The standard InChI is InChI=1S/C11H11ClIN3/c12-9-6-15-11(13)16-10(9)8(5-14)4-3-7-1-2-7/h4-7,14H,1-3H2/b8-4-,14-5?. The summed E-state index contributed by atoms with van der Waals surface area (Å²) in [6, 6.07) is 0. The first-order valence-electron chi connectivity index (χ1n) is 5.09. The number of nitrogens with zero attached hydrogens (tertiary/aromatic N) is 2. The van der Waals surface area contributed by atoms with E-state index in [2.05, 4.69) is 16.0 Å². The van der Waals surface area contributed by atoms with Crippen LogP contribution in [0.1, 0.15) is 25.0 Å². The molecule has 1 aliphatic carbocycles. The molecule has 0 aromatic carbocycles. The normalized spacial score (nSPS) is 16.2. The number of hydrogen-bond acceptors (Lipinski definition) is 3. The van der Waals surface area contributed by atoms with E-state index in [4.69, 9.17) is 17.0 Å². The van der Waals surface area contributed by atoms with Crippen molar-refractivity contribution in [2.75, 3.05) is 0 Å². The third-order valence-electron chi connectivity index (χ3n) is 2.51. The van der Waals surface area contributed by atoms with Gasteiger partial charge < -0.3 is 5.41 Å². The molecule has 1 heterocycles. The summed E-state index contributed by atoms with van der Waals surface area (Å²) in [5.41, 5.74) is 1.45. The zero-order valence-corrected chi connectivity index (χ0v) is 11.5. The minimum atomic E-state index is 0.506. The molecule has 5 heteroatoms. The fourth-order valence-corrected chi connectivity index (χ4v) is 2.00. The highest BCUT2D eigenvalue weighted by atomic mass is 127. The Balaban J connectivity index is 2.27. The van der Waals surface area contributed by atoms with Gasteiger partial charge in [-0.15, -0.1) is 0 Å². The predicted octanol–water partition coefficient (Wildman–Crippen LogP) is 3.57. The van der Waals surface area contributed by atoms with Crippen LogP contribution < -0.4 is 0 Å². The summed E-state index contributed by atoms with van der Waals surface area (Å²) < 4.78 is 0.649. The van der Waals surface area contributed by atoms with E-state index in [0.717, 1.165) is 17.9 Å². The van der Waals surface area contributed by atoms with Crippen molar-refractivity contribution in [2.45, 2.75) is 19.3 Å². The molecule has 1 aliphatic rings. The first-order chi connectivity index (χ1) is 7.70. The zero-order valence-electron chi connectivity index (χ0n) is 8.58. The molecule has 0 aliphatic heterocycles. The maximum Gasteiger partial charge on any atom is 0.191 e. The van der Waals surface area contributed by atoms with Gasteiger partial charge in [-0.25, -0.2) is 9.97 Å². The molecule has 1 aromatic rings. The average molecular weight is 348 g/mol. The summed E-state index contributed by atoms with van der Waals surface area (Å²) in [4.78, 5) is 8.27. The molecule has 0 unspecified atom stereocenters. The highest BCUT2D eigenvalue weighted by Gasteiger charge is 2.20. The van der Waals surface area contributed by atoms with Gasteiger partial charge >= 0.3 is 0 Å². The maximum atomic E-state index is 7.41. The van der Waals surface area contributed by atoms with Crippen LogP contribution in [0, 0.1) is 15.2 Å². The van der Waals surface area contributed by atoms with E-state index >= 15 is 0 Å². The Bertz CT molecular complexity index is 441. The summed E-state index contributed by atoms with van der Waals surface area (Å²) in [5.74, 6) is 0.801. The highest BCUT2D eigenvalue weighted by Crippen LogP contribution is 2.34. The van der Waals surface area contributed by atoms with E-state index in [0.29, 0.717) is 14.5 Å². The highest BCUT2D eigenvalue weighted by molar-refractivity contribution is 14.1. The van der Waals surface area contributed by atoms with Gasteiger partial charge in [0, 0.05) is 34.4 Å². The minimum absolute atomic E-state index is 0.506. The van der Waals surface area contributed by atoms with Crippen LogP contribution >= 0.6 is 34.2 Å². The van der Waals surface area contributed by atoms with Crippen LogP contribution in [0.3, 0.4) is 0 Å². The Kier molecular flexibility index (Phi) is 3.91. The van der Waals surface area contributed by atoms with Gasteiger partial charge in [0.15, 0.2) is 3.83 Å². The molecule has 2 rings (SSSR count). The molecule has 1 fully saturated rings. The fraction of sp³-hybridized carbons (Fsp3) is 0.364. The van der Waals surface area contributed by atoms with E-state index < -0.39 is 0 Å². The van der Waals surface area contributed by atoms with Crippen LogP contribution in [-0.4, -0.2) is 16.2 Å². The average Bonchev–Trinajstić information content (AvgIpc) is 3.07. The summed E-state index contributed by atoms with van der Waals surface area (Å²) in [6.07, 6.45) is 8.57. The van der Waals surface area contributed by atoms with Crippen molar-refractivity contribution >= 4 is 46.0 Å². The van der Waals surface area contributed by atoms with E-state index in [-0.39, 0.29) is 0 Å². The molecule has 0 atom stereocenters. The topological polar surface area (TPSA) is 49.6 Å². The first-order valence-corrected chi connectivity index (χ1v) is 6.55. The quantitative estimate of drug-likeness (QED) is 0.514. The molecule has 0 saturated heterocycles. The Morgan fingerprint density at radius 2 is 2.38 bits per heavy atom. The lowest BCUT2D eigenvalue weighted by Crippen LogP contribution is -1.97. The Hall–Kier alpha value is -0.490. The molecule has 1 saturated carbocycles.